The van der Waals surface area contributed by atoms with Gasteiger partial charge in [0.05, 0.1) is 43.6 Å². The summed E-state index contributed by atoms with van der Waals surface area (Å²) >= 11 is 5.73. The number of nitrogens with one attached hydrogen (secondary N) is 1. The number of hydrogen-bond acceptors (Lipinski definition) is 5. The average Bonchev–Trinajstić information content (AvgIpc) is 2.69. The van der Waals surface area contributed by atoms with E-state index in [-0.39, 0.29) is 5.92 Å². The number of pyridine rings is 1. The number of ether oxygens (including phenoxy) is 2. The Morgan fingerprint density at radius 3 is 2.64 bits per heavy atom. The van der Waals surface area contributed by atoms with Crippen LogP contribution in [0.25, 0.3) is 0 Å². The Hall–Kier alpha value is -2.02. The van der Waals surface area contributed by atoms with Crippen LogP contribution in [0.5, 0.6) is 5.75 Å². The Bertz CT molecular complexity index is 673. The van der Waals surface area contributed by atoms with Gasteiger partial charge in [0, 0.05) is 19.3 Å². The maximum atomic E-state index is 5.73. The Balaban J connectivity index is 1.76. The molecule has 0 amide bonds. The third-order valence-electron chi connectivity index (χ3n) is 4.28. The van der Waals surface area contributed by atoms with Crippen molar-refractivity contribution in [2.45, 2.75) is 5.92 Å². The smallest absolute Gasteiger partial charge is 0.118 e. The van der Waals surface area contributed by atoms with E-state index in [9.17, 15) is 0 Å². The van der Waals surface area contributed by atoms with E-state index in [1.807, 2.05) is 42.5 Å². The number of benzene rings is 1. The van der Waals surface area contributed by atoms with Crippen molar-refractivity contribution in [2.24, 2.45) is 0 Å². The number of nitrogens with zero attached hydrogens (tertiary/aromatic N) is 2. The molecule has 1 N–H and O–H groups in total. The van der Waals surface area contributed by atoms with E-state index >= 15 is 0 Å². The van der Waals surface area contributed by atoms with Crippen molar-refractivity contribution in [3.8, 4) is 5.75 Å². The molecule has 0 spiro atoms. The molecule has 1 atom stereocenters. The number of aromatic nitrogens is 1. The first kappa shape index (κ1) is 17.8. The zero-order valence-electron chi connectivity index (χ0n) is 14.4. The molecular formula is C19H23N3O2S. The molecule has 1 unspecified atom stereocenters. The Kier molecular flexibility index (Phi) is 6.33. The van der Waals surface area contributed by atoms with Crippen molar-refractivity contribution in [3.05, 3.63) is 59.9 Å². The molecule has 25 heavy (non-hydrogen) atoms. The first-order chi connectivity index (χ1) is 12.3. The van der Waals surface area contributed by atoms with Gasteiger partial charge >= 0.3 is 0 Å². The van der Waals surface area contributed by atoms with Crippen LogP contribution in [-0.2, 0) is 4.74 Å². The average molecular weight is 357 g/mol. The van der Waals surface area contributed by atoms with Gasteiger partial charge in [-0.05, 0) is 29.8 Å². The monoisotopic (exact) mass is 357 g/mol. The van der Waals surface area contributed by atoms with Gasteiger partial charge in [-0.3, -0.25) is 9.88 Å². The van der Waals surface area contributed by atoms with Gasteiger partial charge in [0.2, 0.25) is 0 Å². The maximum Gasteiger partial charge on any atom is 0.118 e. The highest BCUT2D eigenvalue weighted by Gasteiger charge is 2.21. The van der Waals surface area contributed by atoms with Crippen LogP contribution in [0.2, 0.25) is 0 Å². The molecule has 3 rings (SSSR count). The molecule has 5 nitrogen and oxygen atoms in total. The van der Waals surface area contributed by atoms with Crippen LogP contribution >= 0.6 is 12.2 Å². The van der Waals surface area contributed by atoms with E-state index in [0.717, 1.165) is 55.0 Å². The lowest BCUT2D eigenvalue weighted by atomic mass is 9.94. The standard InChI is InChI=1S/C19H23N3O2S/c1-23-16-7-5-15(6-8-16)18(17-4-2-3-9-20-17)19(25)21-14-22-10-12-24-13-11-22/h2-9,18H,10-14H2,1H3,(H,21,25). The van der Waals surface area contributed by atoms with E-state index in [2.05, 4.69) is 15.2 Å². The van der Waals surface area contributed by atoms with Crippen LogP contribution in [0, 0.1) is 0 Å². The number of rotatable bonds is 6. The molecule has 1 saturated heterocycles. The highest BCUT2D eigenvalue weighted by atomic mass is 32.1. The topological polar surface area (TPSA) is 46.6 Å². The summed E-state index contributed by atoms with van der Waals surface area (Å²) in [5.41, 5.74) is 2.03. The zero-order valence-corrected chi connectivity index (χ0v) is 15.2. The van der Waals surface area contributed by atoms with E-state index < -0.39 is 0 Å². The quantitative estimate of drug-likeness (QED) is 0.802. The first-order valence-corrected chi connectivity index (χ1v) is 8.81. The fourth-order valence-electron chi connectivity index (χ4n) is 2.85. The molecule has 0 aliphatic carbocycles. The lowest BCUT2D eigenvalue weighted by Gasteiger charge is -2.28. The Morgan fingerprint density at radius 1 is 1.24 bits per heavy atom. The van der Waals surface area contributed by atoms with Crippen molar-refractivity contribution >= 4 is 17.2 Å². The Labute approximate surface area is 154 Å². The molecule has 1 fully saturated rings. The molecule has 2 heterocycles. The molecule has 6 heteroatoms. The van der Waals surface area contributed by atoms with Crippen LogP contribution in [-0.4, -0.2) is 55.0 Å². The summed E-state index contributed by atoms with van der Waals surface area (Å²) in [4.78, 5) is 7.60. The minimum absolute atomic E-state index is 0.0804. The van der Waals surface area contributed by atoms with Crippen molar-refractivity contribution in [1.29, 1.82) is 0 Å². The molecule has 1 aromatic heterocycles. The van der Waals surface area contributed by atoms with Crippen molar-refractivity contribution in [2.75, 3.05) is 40.1 Å². The van der Waals surface area contributed by atoms with Crippen molar-refractivity contribution in [3.63, 3.8) is 0 Å². The van der Waals surface area contributed by atoms with E-state index in [1.54, 1.807) is 13.3 Å². The second-order valence-electron chi connectivity index (χ2n) is 5.89. The predicted molar refractivity (Wildman–Crippen MR) is 102 cm³/mol. The van der Waals surface area contributed by atoms with Gasteiger partial charge in [-0.1, -0.05) is 30.4 Å². The molecule has 132 valence electrons. The molecule has 0 radical (unpaired) electrons. The number of morpholine rings is 1. The maximum absolute atomic E-state index is 5.73. The van der Waals surface area contributed by atoms with E-state index in [0.29, 0.717) is 0 Å². The summed E-state index contributed by atoms with van der Waals surface area (Å²) in [6, 6.07) is 13.9. The summed E-state index contributed by atoms with van der Waals surface area (Å²) in [5, 5.41) is 3.41. The van der Waals surface area contributed by atoms with Crippen LogP contribution in [0.15, 0.2) is 48.7 Å². The molecular weight excluding hydrogens is 334 g/mol. The summed E-state index contributed by atoms with van der Waals surface area (Å²) < 4.78 is 10.6. The molecule has 1 aliphatic heterocycles. The normalized spacial score (nSPS) is 16.2. The molecule has 0 bridgehead atoms. The second kappa shape index (κ2) is 8.89. The first-order valence-electron chi connectivity index (χ1n) is 8.40. The fraction of sp³-hybridized carbons (Fsp3) is 0.368. The van der Waals surface area contributed by atoms with Crippen LogP contribution in [0.3, 0.4) is 0 Å². The van der Waals surface area contributed by atoms with Crippen LogP contribution in [0.1, 0.15) is 17.2 Å². The fourth-order valence-corrected chi connectivity index (χ4v) is 3.17. The number of hydrogen-bond donors (Lipinski definition) is 1. The highest BCUT2D eigenvalue weighted by molar-refractivity contribution is 7.80. The van der Waals surface area contributed by atoms with Gasteiger partial charge in [0.1, 0.15) is 5.75 Å². The summed E-state index contributed by atoms with van der Waals surface area (Å²) in [5.74, 6) is 0.749. The van der Waals surface area contributed by atoms with E-state index in [4.69, 9.17) is 21.7 Å². The molecule has 2 aromatic rings. The minimum atomic E-state index is -0.0804. The van der Waals surface area contributed by atoms with Gasteiger partial charge in [-0.15, -0.1) is 0 Å². The molecule has 1 aromatic carbocycles. The SMILES string of the molecule is COc1ccc(C(C(=S)NCN2CCOCC2)c2ccccn2)cc1. The van der Waals surface area contributed by atoms with E-state index in [1.165, 1.54) is 0 Å². The summed E-state index contributed by atoms with van der Waals surface area (Å²) in [7, 11) is 1.67. The van der Waals surface area contributed by atoms with Crippen LogP contribution < -0.4 is 10.1 Å². The van der Waals surface area contributed by atoms with Gasteiger partial charge in [0.25, 0.3) is 0 Å². The number of methoxy groups -OCH3 is 1. The van der Waals surface area contributed by atoms with Gasteiger partial charge in [-0.25, -0.2) is 0 Å². The summed E-state index contributed by atoms with van der Waals surface area (Å²) in [6.45, 7) is 4.12. The van der Waals surface area contributed by atoms with Gasteiger partial charge in [-0.2, -0.15) is 0 Å². The predicted octanol–water partition coefficient (Wildman–Crippen LogP) is 2.43. The molecule has 0 saturated carbocycles. The van der Waals surface area contributed by atoms with Gasteiger partial charge < -0.3 is 14.8 Å². The second-order valence-corrected chi connectivity index (χ2v) is 6.33. The summed E-state index contributed by atoms with van der Waals surface area (Å²) in [6.07, 6.45) is 1.80. The third-order valence-corrected chi connectivity index (χ3v) is 4.66. The number of thiocarbonyl (C=S) groups is 1. The van der Waals surface area contributed by atoms with Crippen molar-refractivity contribution < 1.29 is 9.47 Å². The zero-order chi connectivity index (χ0) is 17.5. The molecule has 1 aliphatic rings. The van der Waals surface area contributed by atoms with Crippen molar-refractivity contribution in [1.82, 2.24) is 15.2 Å². The lowest BCUT2D eigenvalue weighted by molar-refractivity contribution is 0.0367. The largest absolute Gasteiger partial charge is 0.497 e. The van der Waals surface area contributed by atoms with Gasteiger partial charge in [0.15, 0.2) is 0 Å². The highest BCUT2D eigenvalue weighted by Crippen LogP contribution is 2.26. The minimum Gasteiger partial charge on any atom is -0.497 e. The van der Waals surface area contributed by atoms with Crippen LogP contribution in [0.4, 0.5) is 0 Å². The third kappa shape index (κ3) is 4.75. The Morgan fingerprint density at radius 2 is 2.00 bits per heavy atom. The lowest BCUT2D eigenvalue weighted by Crippen LogP contribution is -2.44.